The SMILES string of the molecule is COc1ccccc1Nc1cncc(C(=O)N2CCCC2)c1. The highest BCUT2D eigenvalue weighted by atomic mass is 16.5. The molecule has 1 aromatic heterocycles. The van der Waals surface area contributed by atoms with Crippen LogP contribution in [0.15, 0.2) is 42.7 Å². The number of benzene rings is 1. The summed E-state index contributed by atoms with van der Waals surface area (Å²) in [5.74, 6) is 0.799. The van der Waals surface area contributed by atoms with Crippen molar-refractivity contribution in [3.05, 3.63) is 48.3 Å². The molecule has 0 bridgehead atoms. The molecule has 2 heterocycles. The van der Waals surface area contributed by atoms with Crippen molar-refractivity contribution in [2.45, 2.75) is 12.8 Å². The van der Waals surface area contributed by atoms with Crippen molar-refractivity contribution in [1.82, 2.24) is 9.88 Å². The molecule has 0 atom stereocenters. The van der Waals surface area contributed by atoms with Crippen molar-refractivity contribution in [3.8, 4) is 5.75 Å². The van der Waals surface area contributed by atoms with Crippen LogP contribution in [0.3, 0.4) is 0 Å². The first-order valence-electron chi connectivity index (χ1n) is 7.42. The number of ether oxygens (including phenoxy) is 1. The van der Waals surface area contributed by atoms with Gasteiger partial charge < -0.3 is 15.0 Å². The van der Waals surface area contributed by atoms with Crippen molar-refractivity contribution < 1.29 is 9.53 Å². The summed E-state index contributed by atoms with van der Waals surface area (Å²) in [5, 5.41) is 3.25. The van der Waals surface area contributed by atoms with Crippen LogP contribution in [-0.2, 0) is 0 Å². The molecule has 3 rings (SSSR count). The largest absolute Gasteiger partial charge is 0.495 e. The molecule has 0 aliphatic carbocycles. The van der Waals surface area contributed by atoms with E-state index in [1.807, 2.05) is 35.2 Å². The van der Waals surface area contributed by atoms with Crippen LogP contribution in [0.2, 0.25) is 0 Å². The van der Waals surface area contributed by atoms with Gasteiger partial charge in [0.05, 0.1) is 30.2 Å². The molecule has 1 fully saturated rings. The van der Waals surface area contributed by atoms with E-state index in [9.17, 15) is 4.79 Å². The van der Waals surface area contributed by atoms with Gasteiger partial charge in [0.15, 0.2) is 0 Å². The van der Waals surface area contributed by atoms with Crippen molar-refractivity contribution in [1.29, 1.82) is 0 Å². The van der Waals surface area contributed by atoms with Gasteiger partial charge in [-0.05, 0) is 31.0 Å². The molecule has 5 heteroatoms. The molecule has 1 aromatic carbocycles. The van der Waals surface area contributed by atoms with Crippen molar-refractivity contribution in [2.24, 2.45) is 0 Å². The van der Waals surface area contributed by atoms with Crippen LogP contribution in [0.25, 0.3) is 0 Å². The number of amides is 1. The lowest BCUT2D eigenvalue weighted by Crippen LogP contribution is -2.27. The summed E-state index contributed by atoms with van der Waals surface area (Å²) in [6.45, 7) is 1.67. The summed E-state index contributed by atoms with van der Waals surface area (Å²) in [6, 6.07) is 9.48. The fourth-order valence-electron chi connectivity index (χ4n) is 2.63. The van der Waals surface area contributed by atoms with Gasteiger partial charge in [0.1, 0.15) is 5.75 Å². The Balaban J connectivity index is 1.80. The molecule has 0 unspecified atom stereocenters. The van der Waals surface area contributed by atoms with Gasteiger partial charge in [0, 0.05) is 19.3 Å². The molecule has 1 aliphatic heterocycles. The van der Waals surface area contributed by atoms with Crippen molar-refractivity contribution in [2.75, 3.05) is 25.5 Å². The molecule has 114 valence electrons. The number of methoxy groups -OCH3 is 1. The van der Waals surface area contributed by atoms with Crippen LogP contribution < -0.4 is 10.1 Å². The Morgan fingerprint density at radius 1 is 1.23 bits per heavy atom. The summed E-state index contributed by atoms with van der Waals surface area (Å²) in [4.78, 5) is 18.5. The number of aromatic nitrogens is 1. The lowest BCUT2D eigenvalue weighted by Gasteiger charge is -2.16. The molecule has 2 aromatic rings. The quantitative estimate of drug-likeness (QED) is 0.942. The van der Waals surface area contributed by atoms with E-state index < -0.39 is 0 Å². The van der Waals surface area contributed by atoms with E-state index in [2.05, 4.69) is 10.3 Å². The predicted molar refractivity (Wildman–Crippen MR) is 85.7 cm³/mol. The first-order valence-corrected chi connectivity index (χ1v) is 7.42. The molecule has 1 aliphatic rings. The van der Waals surface area contributed by atoms with Crippen LogP contribution >= 0.6 is 0 Å². The van der Waals surface area contributed by atoms with E-state index in [-0.39, 0.29) is 5.91 Å². The highest BCUT2D eigenvalue weighted by molar-refractivity contribution is 5.95. The molecule has 22 heavy (non-hydrogen) atoms. The predicted octanol–water partition coefficient (Wildman–Crippen LogP) is 3.07. The number of rotatable bonds is 4. The number of pyridine rings is 1. The molecular formula is C17H19N3O2. The van der Waals surface area contributed by atoms with E-state index in [4.69, 9.17) is 4.74 Å². The standard InChI is InChI=1S/C17H19N3O2/c1-22-16-7-3-2-6-15(16)19-14-10-13(11-18-12-14)17(21)20-8-4-5-9-20/h2-3,6-7,10-12,19H,4-5,8-9H2,1H3. The fraction of sp³-hybridized carbons (Fsp3) is 0.294. The fourth-order valence-corrected chi connectivity index (χ4v) is 2.63. The number of likely N-dealkylation sites (tertiary alicyclic amines) is 1. The Morgan fingerprint density at radius 2 is 2.00 bits per heavy atom. The molecule has 5 nitrogen and oxygen atoms in total. The minimum atomic E-state index is 0.0497. The molecular weight excluding hydrogens is 278 g/mol. The molecule has 0 radical (unpaired) electrons. The number of carbonyl (C=O) groups excluding carboxylic acids is 1. The van der Waals surface area contributed by atoms with Crippen LogP contribution in [0.1, 0.15) is 23.2 Å². The molecule has 0 spiro atoms. The van der Waals surface area contributed by atoms with Gasteiger partial charge in [-0.2, -0.15) is 0 Å². The zero-order valence-corrected chi connectivity index (χ0v) is 12.6. The summed E-state index contributed by atoms with van der Waals surface area (Å²) in [6.07, 6.45) is 5.48. The summed E-state index contributed by atoms with van der Waals surface area (Å²) < 4.78 is 5.32. The van der Waals surface area contributed by atoms with Gasteiger partial charge in [0.25, 0.3) is 5.91 Å². The van der Waals surface area contributed by atoms with Crippen LogP contribution in [-0.4, -0.2) is 36.0 Å². The van der Waals surface area contributed by atoms with Crippen molar-refractivity contribution >= 4 is 17.3 Å². The minimum absolute atomic E-state index is 0.0497. The van der Waals surface area contributed by atoms with E-state index in [1.54, 1.807) is 19.5 Å². The number of nitrogens with zero attached hydrogens (tertiary/aromatic N) is 2. The third kappa shape index (κ3) is 3.03. The molecule has 1 amide bonds. The van der Waals surface area contributed by atoms with E-state index in [0.29, 0.717) is 5.56 Å². The second kappa shape index (κ2) is 6.47. The van der Waals surface area contributed by atoms with Crippen LogP contribution in [0.5, 0.6) is 5.75 Å². The lowest BCUT2D eigenvalue weighted by molar-refractivity contribution is 0.0792. The number of carbonyl (C=O) groups is 1. The molecule has 0 saturated carbocycles. The van der Waals surface area contributed by atoms with E-state index >= 15 is 0 Å². The zero-order chi connectivity index (χ0) is 15.4. The Bertz CT molecular complexity index is 666. The topological polar surface area (TPSA) is 54.5 Å². The molecule has 1 saturated heterocycles. The Labute approximate surface area is 129 Å². The first-order chi connectivity index (χ1) is 10.8. The van der Waals surface area contributed by atoms with Crippen LogP contribution in [0.4, 0.5) is 11.4 Å². The number of hydrogen-bond donors (Lipinski definition) is 1. The van der Waals surface area contributed by atoms with Gasteiger partial charge in [-0.15, -0.1) is 0 Å². The van der Waals surface area contributed by atoms with Gasteiger partial charge in [-0.3, -0.25) is 9.78 Å². The second-order valence-corrected chi connectivity index (χ2v) is 5.29. The van der Waals surface area contributed by atoms with Gasteiger partial charge in [-0.25, -0.2) is 0 Å². The second-order valence-electron chi connectivity index (χ2n) is 5.29. The highest BCUT2D eigenvalue weighted by Crippen LogP contribution is 2.27. The number of nitrogens with one attached hydrogen (secondary N) is 1. The van der Waals surface area contributed by atoms with Crippen LogP contribution in [0, 0.1) is 0 Å². The zero-order valence-electron chi connectivity index (χ0n) is 12.6. The van der Waals surface area contributed by atoms with E-state index in [0.717, 1.165) is 43.1 Å². The maximum absolute atomic E-state index is 12.4. The van der Waals surface area contributed by atoms with Gasteiger partial charge >= 0.3 is 0 Å². The Kier molecular flexibility index (Phi) is 4.23. The average molecular weight is 297 g/mol. The first kappa shape index (κ1) is 14.4. The third-order valence-corrected chi connectivity index (χ3v) is 3.76. The number of para-hydroxylation sites is 2. The monoisotopic (exact) mass is 297 g/mol. The maximum Gasteiger partial charge on any atom is 0.255 e. The third-order valence-electron chi connectivity index (χ3n) is 3.76. The van der Waals surface area contributed by atoms with Gasteiger partial charge in [-0.1, -0.05) is 12.1 Å². The Morgan fingerprint density at radius 3 is 2.77 bits per heavy atom. The number of hydrogen-bond acceptors (Lipinski definition) is 4. The average Bonchev–Trinajstić information content (AvgIpc) is 3.09. The Hall–Kier alpha value is -2.56. The molecule has 1 N–H and O–H groups in total. The van der Waals surface area contributed by atoms with Crippen molar-refractivity contribution in [3.63, 3.8) is 0 Å². The highest BCUT2D eigenvalue weighted by Gasteiger charge is 2.19. The summed E-state index contributed by atoms with van der Waals surface area (Å²) in [5.41, 5.74) is 2.23. The summed E-state index contributed by atoms with van der Waals surface area (Å²) in [7, 11) is 1.63. The lowest BCUT2D eigenvalue weighted by atomic mass is 10.2. The number of anilines is 2. The smallest absolute Gasteiger partial charge is 0.255 e. The van der Waals surface area contributed by atoms with E-state index in [1.165, 1.54) is 0 Å². The minimum Gasteiger partial charge on any atom is -0.495 e. The summed E-state index contributed by atoms with van der Waals surface area (Å²) >= 11 is 0. The normalized spacial score (nSPS) is 14.0. The maximum atomic E-state index is 12.4. The van der Waals surface area contributed by atoms with Gasteiger partial charge in [0.2, 0.25) is 0 Å².